The lowest BCUT2D eigenvalue weighted by Crippen LogP contribution is -2.50. The van der Waals surface area contributed by atoms with E-state index >= 15 is 0 Å². The molecule has 2 amide bonds. The highest BCUT2D eigenvalue weighted by Crippen LogP contribution is 2.08. The van der Waals surface area contributed by atoms with Crippen molar-refractivity contribution in [3.05, 3.63) is 0 Å². The first-order chi connectivity index (χ1) is 5.29. The molecule has 1 saturated heterocycles. The van der Waals surface area contributed by atoms with Gasteiger partial charge in [0.05, 0.1) is 0 Å². The van der Waals surface area contributed by atoms with E-state index in [4.69, 9.17) is 10.2 Å². The highest BCUT2D eigenvalue weighted by atomic mass is 16.3. The Labute approximate surface area is 64.8 Å². The third kappa shape index (κ3) is 1.61. The van der Waals surface area contributed by atoms with Crippen LogP contribution in [-0.4, -0.2) is 52.6 Å². The third-order valence-corrected chi connectivity index (χ3v) is 1.74. The molecule has 0 atom stereocenters. The topological polar surface area (TPSA) is 64.0 Å². The van der Waals surface area contributed by atoms with E-state index in [1.165, 1.54) is 0 Å². The van der Waals surface area contributed by atoms with Gasteiger partial charge in [-0.15, -0.1) is 0 Å². The predicted molar refractivity (Wildman–Crippen MR) is 37.6 cm³/mol. The summed E-state index contributed by atoms with van der Waals surface area (Å²) < 4.78 is 0. The number of hydrogen-bond donors (Lipinski definition) is 2. The Morgan fingerprint density at radius 3 is 2.18 bits per heavy atom. The molecular weight excluding hydrogens is 148 g/mol. The Bertz CT molecular complexity index is 143. The molecule has 0 aromatic rings. The van der Waals surface area contributed by atoms with E-state index in [2.05, 4.69) is 0 Å². The zero-order valence-corrected chi connectivity index (χ0v) is 6.23. The van der Waals surface area contributed by atoms with Crippen LogP contribution < -0.4 is 0 Å². The van der Waals surface area contributed by atoms with Gasteiger partial charge in [-0.3, -0.25) is 4.90 Å². The van der Waals surface area contributed by atoms with Gasteiger partial charge in [-0.2, -0.15) is 0 Å². The fourth-order valence-corrected chi connectivity index (χ4v) is 0.873. The van der Waals surface area contributed by atoms with Gasteiger partial charge in [-0.25, -0.2) is 4.79 Å². The van der Waals surface area contributed by atoms with Crippen LogP contribution in [0.1, 0.15) is 6.42 Å². The van der Waals surface area contributed by atoms with Gasteiger partial charge in [0, 0.05) is 13.1 Å². The molecule has 5 nitrogen and oxygen atoms in total. The van der Waals surface area contributed by atoms with E-state index in [1.807, 2.05) is 0 Å². The number of aliphatic hydroxyl groups is 2. The van der Waals surface area contributed by atoms with Gasteiger partial charge in [-0.05, 0) is 6.42 Å². The first-order valence-corrected chi connectivity index (χ1v) is 3.55. The first kappa shape index (κ1) is 8.29. The fourth-order valence-electron chi connectivity index (χ4n) is 0.873. The van der Waals surface area contributed by atoms with Crippen LogP contribution in [0.5, 0.6) is 0 Å². The Morgan fingerprint density at radius 2 is 1.91 bits per heavy atom. The summed E-state index contributed by atoms with van der Waals surface area (Å²) in [6.07, 6.45) is 1.01. The van der Waals surface area contributed by atoms with E-state index in [0.29, 0.717) is 0 Å². The molecule has 1 aliphatic heterocycles. The SMILES string of the molecule is O=C(N(CO)CO)N1CCC1. The average Bonchev–Trinajstić information content (AvgIpc) is 1.86. The van der Waals surface area contributed by atoms with Gasteiger partial charge in [0.25, 0.3) is 0 Å². The number of carbonyl (C=O) groups excluding carboxylic acids is 1. The van der Waals surface area contributed by atoms with Crippen molar-refractivity contribution >= 4 is 6.03 Å². The third-order valence-electron chi connectivity index (χ3n) is 1.74. The lowest BCUT2D eigenvalue weighted by Gasteiger charge is -2.34. The number of hydrogen-bond acceptors (Lipinski definition) is 3. The molecule has 1 rings (SSSR count). The number of nitrogens with zero attached hydrogens (tertiary/aromatic N) is 2. The number of carbonyl (C=O) groups is 1. The standard InChI is InChI=1S/C6H12N2O3/c9-4-8(5-10)6(11)7-2-1-3-7/h9-10H,1-5H2. The molecular formula is C6H12N2O3. The molecule has 1 heterocycles. The molecule has 1 aliphatic rings. The van der Waals surface area contributed by atoms with Crippen molar-refractivity contribution in [3.8, 4) is 0 Å². The van der Waals surface area contributed by atoms with Gasteiger partial charge in [0.15, 0.2) is 0 Å². The van der Waals surface area contributed by atoms with Crippen molar-refractivity contribution in [2.75, 3.05) is 26.6 Å². The minimum atomic E-state index is -0.425. The predicted octanol–water partition coefficient (Wildman–Crippen LogP) is -0.986. The van der Waals surface area contributed by atoms with Crippen LogP contribution in [0.2, 0.25) is 0 Å². The van der Waals surface area contributed by atoms with Gasteiger partial charge in [0.2, 0.25) is 0 Å². The maximum Gasteiger partial charge on any atom is 0.323 e. The molecule has 5 heteroatoms. The normalized spacial score (nSPS) is 16.0. The lowest BCUT2D eigenvalue weighted by molar-refractivity contribution is 0.0320. The van der Waals surface area contributed by atoms with Crippen molar-refractivity contribution in [3.63, 3.8) is 0 Å². The van der Waals surface area contributed by atoms with E-state index in [9.17, 15) is 4.79 Å². The molecule has 0 saturated carbocycles. The highest BCUT2D eigenvalue weighted by molar-refractivity contribution is 5.74. The molecule has 0 unspecified atom stereocenters. The zero-order valence-electron chi connectivity index (χ0n) is 6.23. The van der Waals surface area contributed by atoms with Crippen molar-refractivity contribution in [1.82, 2.24) is 9.80 Å². The number of urea groups is 1. The van der Waals surface area contributed by atoms with E-state index in [-0.39, 0.29) is 6.03 Å². The van der Waals surface area contributed by atoms with Crippen LogP contribution >= 0.6 is 0 Å². The van der Waals surface area contributed by atoms with Crippen molar-refractivity contribution < 1.29 is 15.0 Å². The minimum Gasteiger partial charge on any atom is -0.376 e. The second-order valence-electron chi connectivity index (χ2n) is 2.45. The molecule has 2 N–H and O–H groups in total. The van der Waals surface area contributed by atoms with Gasteiger partial charge in [-0.1, -0.05) is 0 Å². The minimum absolute atomic E-state index is 0.291. The quantitative estimate of drug-likeness (QED) is 0.510. The van der Waals surface area contributed by atoms with E-state index < -0.39 is 13.5 Å². The molecule has 0 aromatic carbocycles. The highest BCUT2D eigenvalue weighted by Gasteiger charge is 2.24. The Kier molecular flexibility index (Phi) is 2.67. The van der Waals surface area contributed by atoms with Crippen LogP contribution in [0, 0.1) is 0 Å². The zero-order chi connectivity index (χ0) is 8.27. The maximum atomic E-state index is 11.1. The summed E-state index contributed by atoms with van der Waals surface area (Å²) >= 11 is 0. The van der Waals surface area contributed by atoms with Gasteiger partial charge < -0.3 is 15.1 Å². The summed E-state index contributed by atoms with van der Waals surface area (Å²) in [6.45, 7) is 0.613. The van der Waals surface area contributed by atoms with Crippen LogP contribution in [-0.2, 0) is 0 Å². The van der Waals surface area contributed by atoms with Crippen LogP contribution in [0.25, 0.3) is 0 Å². The molecule has 0 aromatic heterocycles. The van der Waals surface area contributed by atoms with Crippen LogP contribution in [0.15, 0.2) is 0 Å². The molecule has 1 fully saturated rings. The van der Waals surface area contributed by atoms with Crippen LogP contribution in [0.4, 0.5) is 4.79 Å². The number of likely N-dealkylation sites (tertiary alicyclic amines) is 1. The maximum absolute atomic E-state index is 11.1. The average molecular weight is 160 g/mol. The second kappa shape index (κ2) is 3.54. The van der Waals surface area contributed by atoms with Crippen molar-refractivity contribution in [2.24, 2.45) is 0 Å². The summed E-state index contributed by atoms with van der Waals surface area (Å²) in [6, 6.07) is -0.291. The Morgan fingerprint density at radius 1 is 1.36 bits per heavy atom. The van der Waals surface area contributed by atoms with Gasteiger partial charge >= 0.3 is 6.03 Å². The summed E-state index contributed by atoms with van der Waals surface area (Å²) in [7, 11) is 0. The molecule has 0 aliphatic carbocycles. The summed E-state index contributed by atoms with van der Waals surface area (Å²) in [4.78, 5) is 13.7. The van der Waals surface area contributed by atoms with Crippen LogP contribution in [0.3, 0.4) is 0 Å². The van der Waals surface area contributed by atoms with Crippen molar-refractivity contribution in [2.45, 2.75) is 6.42 Å². The molecule has 0 spiro atoms. The molecule has 64 valence electrons. The Balaban J connectivity index is 2.36. The smallest absolute Gasteiger partial charge is 0.323 e. The van der Waals surface area contributed by atoms with E-state index in [1.54, 1.807) is 4.90 Å². The van der Waals surface area contributed by atoms with E-state index in [0.717, 1.165) is 24.4 Å². The Hall–Kier alpha value is -0.810. The largest absolute Gasteiger partial charge is 0.376 e. The number of amides is 2. The second-order valence-corrected chi connectivity index (χ2v) is 2.45. The van der Waals surface area contributed by atoms with Crippen molar-refractivity contribution in [1.29, 1.82) is 0 Å². The summed E-state index contributed by atoms with van der Waals surface area (Å²) in [5, 5.41) is 17.2. The monoisotopic (exact) mass is 160 g/mol. The lowest BCUT2D eigenvalue weighted by atomic mass is 10.2. The molecule has 11 heavy (non-hydrogen) atoms. The van der Waals surface area contributed by atoms with Gasteiger partial charge in [0.1, 0.15) is 13.5 Å². The first-order valence-electron chi connectivity index (χ1n) is 3.55. The molecule has 0 bridgehead atoms. The summed E-state index contributed by atoms with van der Waals surface area (Å²) in [5.74, 6) is 0. The molecule has 0 radical (unpaired) electrons. The number of aliphatic hydroxyl groups excluding tert-OH is 2. The fraction of sp³-hybridized carbons (Fsp3) is 0.833. The summed E-state index contributed by atoms with van der Waals surface area (Å²) in [5.41, 5.74) is 0. The number of rotatable bonds is 2.